The second-order valence-corrected chi connectivity index (χ2v) is 5.49. The van der Waals surface area contributed by atoms with E-state index in [4.69, 9.17) is 5.73 Å². The van der Waals surface area contributed by atoms with Gasteiger partial charge in [0, 0.05) is 13.0 Å². The number of carbonyl (C=O) groups excluding carboxylic acids is 1. The van der Waals surface area contributed by atoms with Crippen molar-refractivity contribution in [3.05, 3.63) is 35.4 Å². The molecule has 2 atom stereocenters. The molecule has 2 unspecified atom stereocenters. The minimum Gasteiger partial charge on any atom is -0.479 e. The molecular formula is C16H22N2O3. The van der Waals surface area contributed by atoms with Crippen LogP contribution in [0.1, 0.15) is 36.9 Å². The van der Waals surface area contributed by atoms with E-state index in [0.29, 0.717) is 25.9 Å². The Balaban J connectivity index is 2.24. The molecule has 0 saturated carbocycles. The standard InChI is InChI=1S/C16H22N2O3/c1-2-11(10-17)9-14(19)18-8-7-12-5-3-4-6-13(12)15(18)16(20)21/h3-6,11,15H,2,7-10,17H2,1H3,(H,20,21). The average Bonchev–Trinajstić information content (AvgIpc) is 2.50. The number of benzene rings is 1. The topological polar surface area (TPSA) is 83.6 Å². The lowest BCUT2D eigenvalue weighted by molar-refractivity contribution is -0.151. The lowest BCUT2D eigenvalue weighted by Gasteiger charge is -2.35. The molecule has 0 radical (unpaired) electrons. The van der Waals surface area contributed by atoms with Crippen LogP contribution >= 0.6 is 0 Å². The first kappa shape index (κ1) is 15.5. The molecule has 2 rings (SSSR count). The zero-order chi connectivity index (χ0) is 15.4. The summed E-state index contributed by atoms with van der Waals surface area (Å²) in [5.74, 6) is -0.977. The summed E-state index contributed by atoms with van der Waals surface area (Å²) < 4.78 is 0. The minimum atomic E-state index is -0.976. The van der Waals surface area contributed by atoms with Crippen molar-refractivity contribution < 1.29 is 14.7 Å². The monoisotopic (exact) mass is 290 g/mol. The predicted octanol–water partition coefficient (Wildman–Crippen LogP) is 1.57. The Labute approximate surface area is 124 Å². The summed E-state index contributed by atoms with van der Waals surface area (Å²) in [6, 6.07) is 6.57. The molecule has 0 aliphatic carbocycles. The van der Waals surface area contributed by atoms with Crippen LogP contribution in [0, 0.1) is 5.92 Å². The van der Waals surface area contributed by atoms with E-state index in [0.717, 1.165) is 17.5 Å². The van der Waals surface area contributed by atoms with Crippen LogP contribution in [0.5, 0.6) is 0 Å². The summed E-state index contributed by atoms with van der Waals surface area (Å²) in [5.41, 5.74) is 7.39. The first-order valence-corrected chi connectivity index (χ1v) is 7.38. The molecule has 3 N–H and O–H groups in total. The number of nitrogens with zero attached hydrogens (tertiary/aromatic N) is 1. The van der Waals surface area contributed by atoms with E-state index in [-0.39, 0.29) is 11.8 Å². The number of amides is 1. The maximum Gasteiger partial charge on any atom is 0.331 e. The van der Waals surface area contributed by atoms with Gasteiger partial charge in [0.05, 0.1) is 0 Å². The molecule has 5 nitrogen and oxygen atoms in total. The smallest absolute Gasteiger partial charge is 0.331 e. The quantitative estimate of drug-likeness (QED) is 0.862. The summed E-state index contributed by atoms with van der Waals surface area (Å²) >= 11 is 0. The molecule has 0 fully saturated rings. The molecular weight excluding hydrogens is 268 g/mol. The Morgan fingerprint density at radius 3 is 2.76 bits per heavy atom. The first-order chi connectivity index (χ1) is 10.1. The summed E-state index contributed by atoms with van der Waals surface area (Å²) in [7, 11) is 0. The van der Waals surface area contributed by atoms with Crippen molar-refractivity contribution in [2.75, 3.05) is 13.1 Å². The third-order valence-electron chi connectivity index (χ3n) is 4.21. The Morgan fingerprint density at radius 1 is 1.43 bits per heavy atom. The molecule has 1 aliphatic heterocycles. The summed E-state index contributed by atoms with van der Waals surface area (Å²) in [4.78, 5) is 25.6. The molecule has 21 heavy (non-hydrogen) atoms. The van der Waals surface area contributed by atoms with Crippen LogP contribution in [0.15, 0.2) is 24.3 Å². The van der Waals surface area contributed by atoms with E-state index in [1.807, 2.05) is 25.1 Å². The molecule has 5 heteroatoms. The van der Waals surface area contributed by atoms with Crippen LogP contribution in [-0.2, 0) is 16.0 Å². The molecule has 0 saturated heterocycles. The molecule has 0 aromatic heterocycles. The summed E-state index contributed by atoms with van der Waals surface area (Å²) in [6.45, 7) is 2.89. The molecule has 1 aromatic carbocycles. The van der Waals surface area contributed by atoms with Gasteiger partial charge in [-0.2, -0.15) is 0 Å². The highest BCUT2D eigenvalue weighted by atomic mass is 16.4. The van der Waals surface area contributed by atoms with E-state index < -0.39 is 12.0 Å². The highest BCUT2D eigenvalue weighted by Crippen LogP contribution is 2.31. The number of fused-ring (bicyclic) bond motifs is 1. The number of nitrogens with two attached hydrogens (primary N) is 1. The fourth-order valence-corrected chi connectivity index (χ4v) is 2.86. The van der Waals surface area contributed by atoms with Crippen molar-refractivity contribution in [1.82, 2.24) is 4.90 Å². The number of hydrogen-bond donors (Lipinski definition) is 2. The number of carboxylic acids is 1. The van der Waals surface area contributed by atoms with Gasteiger partial charge >= 0.3 is 5.97 Å². The van der Waals surface area contributed by atoms with Crippen LogP contribution in [0.3, 0.4) is 0 Å². The number of carboxylic acid groups (broad SMARTS) is 1. The third-order valence-corrected chi connectivity index (χ3v) is 4.21. The fourth-order valence-electron chi connectivity index (χ4n) is 2.86. The average molecular weight is 290 g/mol. The van der Waals surface area contributed by atoms with Crippen LogP contribution in [0.4, 0.5) is 0 Å². The van der Waals surface area contributed by atoms with Crippen molar-refractivity contribution >= 4 is 11.9 Å². The van der Waals surface area contributed by atoms with Gasteiger partial charge in [-0.05, 0) is 30.0 Å². The first-order valence-electron chi connectivity index (χ1n) is 7.38. The Kier molecular flexibility index (Phi) is 4.96. The van der Waals surface area contributed by atoms with Crippen LogP contribution < -0.4 is 5.73 Å². The molecule has 1 aromatic rings. The summed E-state index contributed by atoms with van der Waals surface area (Å²) in [5, 5.41) is 9.53. The highest BCUT2D eigenvalue weighted by molar-refractivity contribution is 5.85. The molecule has 0 spiro atoms. The van der Waals surface area contributed by atoms with E-state index in [9.17, 15) is 14.7 Å². The number of hydrogen-bond acceptors (Lipinski definition) is 3. The van der Waals surface area contributed by atoms with Gasteiger partial charge in [0.15, 0.2) is 6.04 Å². The zero-order valence-corrected chi connectivity index (χ0v) is 12.3. The van der Waals surface area contributed by atoms with Crippen LogP contribution in [-0.4, -0.2) is 35.0 Å². The third kappa shape index (κ3) is 3.24. The van der Waals surface area contributed by atoms with Crippen molar-refractivity contribution in [2.45, 2.75) is 32.2 Å². The van der Waals surface area contributed by atoms with Crippen molar-refractivity contribution in [3.63, 3.8) is 0 Å². The molecule has 0 bridgehead atoms. The molecule has 1 aliphatic rings. The highest BCUT2D eigenvalue weighted by Gasteiger charge is 2.35. The van der Waals surface area contributed by atoms with E-state index in [2.05, 4.69) is 0 Å². The van der Waals surface area contributed by atoms with Gasteiger partial charge in [0.2, 0.25) is 5.91 Å². The van der Waals surface area contributed by atoms with Crippen molar-refractivity contribution in [2.24, 2.45) is 11.7 Å². The maximum atomic E-state index is 12.5. The largest absolute Gasteiger partial charge is 0.479 e. The van der Waals surface area contributed by atoms with Gasteiger partial charge in [-0.1, -0.05) is 37.6 Å². The van der Waals surface area contributed by atoms with E-state index in [1.165, 1.54) is 4.90 Å². The maximum absolute atomic E-state index is 12.5. The van der Waals surface area contributed by atoms with Gasteiger partial charge in [0.25, 0.3) is 0 Å². The lowest BCUT2D eigenvalue weighted by Crippen LogP contribution is -2.44. The zero-order valence-electron chi connectivity index (χ0n) is 12.3. The van der Waals surface area contributed by atoms with Gasteiger partial charge in [0.1, 0.15) is 0 Å². The Morgan fingerprint density at radius 2 is 2.14 bits per heavy atom. The van der Waals surface area contributed by atoms with E-state index in [1.54, 1.807) is 6.07 Å². The Bertz CT molecular complexity index is 526. The molecule has 1 amide bonds. The van der Waals surface area contributed by atoms with E-state index >= 15 is 0 Å². The SMILES string of the molecule is CCC(CN)CC(=O)N1CCc2ccccc2C1C(=O)O. The van der Waals surface area contributed by atoms with Gasteiger partial charge in [-0.15, -0.1) is 0 Å². The van der Waals surface area contributed by atoms with Gasteiger partial charge in [-0.3, -0.25) is 4.79 Å². The van der Waals surface area contributed by atoms with Crippen LogP contribution in [0.2, 0.25) is 0 Å². The minimum absolute atomic E-state index is 0.115. The van der Waals surface area contributed by atoms with Gasteiger partial charge < -0.3 is 15.7 Å². The molecule has 1 heterocycles. The number of rotatable bonds is 5. The number of carbonyl (C=O) groups is 2. The predicted molar refractivity (Wildman–Crippen MR) is 79.7 cm³/mol. The number of aliphatic carboxylic acids is 1. The second-order valence-electron chi connectivity index (χ2n) is 5.49. The van der Waals surface area contributed by atoms with Crippen LogP contribution in [0.25, 0.3) is 0 Å². The van der Waals surface area contributed by atoms with Crippen molar-refractivity contribution in [1.29, 1.82) is 0 Å². The molecule has 114 valence electrons. The summed E-state index contributed by atoms with van der Waals surface area (Å²) in [6.07, 6.45) is 1.84. The van der Waals surface area contributed by atoms with Gasteiger partial charge in [-0.25, -0.2) is 4.79 Å². The fraction of sp³-hybridized carbons (Fsp3) is 0.500. The Hall–Kier alpha value is -1.88. The van der Waals surface area contributed by atoms with Crippen molar-refractivity contribution in [3.8, 4) is 0 Å². The normalized spacial score (nSPS) is 19.0. The lowest BCUT2D eigenvalue weighted by atomic mass is 9.91. The second kappa shape index (κ2) is 6.72.